The topological polar surface area (TPSA) is 148 Å². The maximum absolute atomic E-state index is 8.74. The summed E-state index contributed by atoms with van der Waals surface area (Å²) in [5.74, 6) is 0. The van der Waals surface area contributed by atoms with E-state index in [1.807, 2.05) is 0 Å². The van der Waals surface area contributed by atoms with E-state index in [0.29, 0.717) is 19.6 Å². The molecule has 0 aromatic rings. The Hall–Kier alpha value is -0.590. The summed E-state index contributed by atoms with van der Waals surface area (Å²) in [6.45, 7) is 14.3. The third kappa shape index (κ3) is 62.9. The zero-order valence-electron chi connectivity index (χ0n) is 27.5. The highest BCUT2D eigenvalue weighted by Gasteiger charge is 2.00. The van der Waals surface area contributed by atoms with E-state index in [2.05, 4.69) is 27.0 Å². The van der Waals surface area contributed by atoms with Crippen LogP contribution in [0.2, 0.25) is 0 Å². The summed E-state index contributed by atoms with van der Waals surface area (Å²) in [6.07, 6.45) is 28.2. The van der Waals surface area contributed by atoms with E-state index in [1.54, 1.807) is 4.90 Å². The molecule has 0 aliphatic carbocycles. The second kappa shape index (κ2) is 44.8. The third-order valence-corrected chi connectivity index (χ3v) is 6.53. The molecule has 9 nitrogen and oxygen atoms in total. The lowest BCUT2D eigenvalue weighted by Gasteiger charge is -2.17. The number of nitrogens with zero attached hydrogens (tertiary/aromatic N) is 1. The molecule has 0 unspecified atom stereocenters. The first-order valence-corrected chi connectivity index (χ1v) is 18.0. The number of unbranched alkanes of at least 4 members (excludes halogenated alkanes) is 18. The minimum Gasteiger partial charge on any atom is -0.395 e. The molecule has 0 radical (unpaired) electrons. The standard InChI is InChI=1S/C24H50O.C6H15NO3.C2H4.H2O4S/c1-3-5-7-9-11-13-15-17-19-21-23-25-24-22-20-18-16-14-12-10-8-6-4-2;8-4-1-7(2-5-9)3-6-10;1-2;1-5(2,3)4/h3-24H2,1-2H3;8-10H,1-6H2;1-2H2;(H2,1,2,3,4). The molecule has 0 heterocycles. The molecule has 0 saturated carbocycles. The monoisotopic (exact) mass is 629 g/mol. The zero-order valence-corrected chi connectivity index (χ0v) is 28.3. The van der Waals surface area contributed by atoms with Crippen LogP contribution < -0.4 is 0 Å². The summed E-state index contributed by atoms with van der Waals surface area (Å²) in [5.41, 5.74) is 0. The average Bonchev–Trinajstić information content (AvgIpc) is 2.95. The van der Waals surface area contributed by atoms with Gasteiger partial charge in [0.05, 0.1) is 19.8 Å². The van der Waals surface area contributed by atoms with Gasteiger partial charge in [-0.1, -0.05) is 129 Å². The fourth-order valence-electron chi connectivity index (χ4n) is 4.24. The molecule has 0 aliphatic heterocycles. The van der Waals surface area contributed by atoms with E-state index in [4.69, 9.17) is 37.6 Å². The first-order valence-electron chi connectivity index (χ1n) is 16.6. The summed E-state index contributed by atoms with van der Waals surface area (Å²) in [6, 6.07) is 0. The highest BCUT2D eigenvalue weighted by atomic mass is 32.3. The predicted molar refractivity (Wildman–Crippen MR) is 178 cm³/mol. The van der Waals surface area contributed by atoms with Crippen LogP contribution in [0.15, 0.2) is 13.2 Å². The molecule has 0 aromatic heterocycles. The Balaban J connectivity index is -0.000000347. The van der Waals surface area contributed by atoms with Crippen LogP contribution >= 0.6 is 0 Å². The zero-order chi connectivity index (χ0) is 32.6. The highest BCUT2D eigenvalue weighted by Crippen LogP contribution is 2.12. The van der Waals surface area contributed by atoms with Crippen molar-refractivity contribution in [2.45, 2.75) is 142 Å². The predicted octanol–water partition coefficient (Wildman–Crippen LogP) is 7.26. The molecule has 0 atom stereocenters. The van der Waals surface area contributed by atoms with Gasteiger partial charge in [0, 0.05) is 32.8 Å². The first-order chi connectivity index (χ1) is 20.3. The number of aliphatic hydroxyl groups excluding tert-OH is 3. The molecule has 258 valence electrons. The second-order valence-corrected chi connectivity index (χ2v) is 11.3. The Kier molecular flexibility index (Phi) is 51.6. The normalized spacial score (nSPS) is 10.8. The van der Waals surface area contributed by atoms with Crippen molar-refractivity contribution >= 4 is 10.4 Å². The van der Waals surface area contributed by atoms with Crippen LogP contribution in [-0.4, -0.2) is 90.4 Å². The van der Waals surface area contributed by atoms with Gasteiger partial charge in [0.15, 0.2) is 0 Å². The van der Waals surface area contributed by atoms with Crippen LogP contribution in [0.25, 0.3) is 0 Å². The largest absolute Gasteiger partial charge is 0.395 e. The van der Waals surface area contributed by atoms with Gasteiger partial charge in [-0.2, -0.15) is 8.42 Å². The van der Waals surface area contributed by atoms with Gasteiger partial charge in [0.1, 0.15) is 0 Å². The molecule has 10 heteroatoms. The van der Waals surface area contributed by atoms with E-state index in [9.17, 15) is 0 Å². The van der Waals surface area contributed by atoms with Crippen molar-refractivity contribution in [3.8, 4) is 0 Å². The summed E-state index contributed by atoms with van der Waals surface area (Å²) < 4.78 is 37.4. The lowest BCUT2D eigenvalue weighted by Crippen LogP contribution is -2.32. The summed E-state index contributed by atoms with van der Waals surface area (Å²) in [7, 11) is -4.67. The van der Waals surface area contributed by atoms with Gasteiger partial charge < -0.3 is 20.1 Å². The average molecular weight is 630 g/mol. The Morgan fingerprint density at radius 3 is 0.929 bits per heavy atom. The highest BCUT2D eigenvalue weighted by molar-refractivity contribution is 7.79. The number of hydrogen-bond acceptors (Lipinski definition) is 7. The molecule has 0 rings (SSSR count). The molecule has 0 aromatic carbocycles. The molecule has 42 heavy (non-hydrogen) atoms. The van der Waals surface area contributed by atoms with Gasteiger partial charge in [0.2, 0.25) is 0 Å². The molecular weight excluding hydrogens is 558 g/mol. The van der Waals surface area contributed by atoms with Crippen molar-refractivity contribution < 1.29 is 37.6 Å². The van der Waals surface area contributed by atoms with Crippen molar-refractivity contribution in [1.82, 2.24) is 4.90 Å². The number of aliphatic hydroxyl groups is 3. The Bertz CT molecular complexity index is 508. The maximum Gasteiger partial charge on any atom is 0.394 e. The maximum atomic E-state index is 8.74. The molecule has 5 N–H and O–H groups in total. The number of ether oxygens (including phenoxy) is 1. The molecule has 0 saturated heterocycles. The summed E-state index contributed by atoms with van der Waals surface area (Å²) >= 11 is 0. The number of hydrogen-bond donors (Lipinski definition) is 5. The molecule has 0 fully saturated rings. The SMILES string of the molecule is C=C.CCCCCCCCCCCCOCCCCCCCCCCCC.O=S(=O)(O)O.OCCN(CCO)CCO. The number of rotatable bonds is 28. The Labute approximate surface area is 260 Å². The van der Waals surface area contributed by atoms with E-state index < -0.39 is 10.4 Å². The smallest absolute Gasteiger partial charge is 0.394 e. The van der Waals surface area contributed by atoms with Crippen LogP contribution in [0.1, 0.15) is 142 Å². The van der Waals surface area contributed by atoms with Gasteiger partial charge in [-0.3, -0.25) is 14.0 Å². The summed E-state index contributed by atoms with van der Waals surface area (Å²) in [5, 5.41) is 25.5. The fraction of sp³-hybridized carbons (Fsp3) is 0.938. The quantitative estimate of drug-likeness (QED) is 0.0342. The van der Waals surface area contributed by atoms with Crippen LogP contribution in [-0.2, 0) is 15.1 Å². The van der Waals surface area contributed by atoms with Crippen LogP contribution in [0.4, 0.5) is 0 Å². The third-order valence-electron chi connectivity index (χ3n) is 6.53. The lowest BCUT2D eigenvalue weighted by atomic mass is 10.1. The van der Waals surface area contributed by atoms with Gasteiger partial charge >= 0.3 is 10.4 Å². The van der Waals surface area contributed by atoms with E-state index in [0.717, 1.165) is 13.2 Å². The van der Waals surface area contributed by atoms with E-state index >= 15 is 0 Å². The van der Waals surface area contributed by atoms with Crippen molar-refractivity contribution in [3.63, 3.8) is 0 Å². The molecule has 0 spiro atoms. The van der Waals surface area contributed by atoms with Crippen LogP contribution in [0.3, 0.4) is 0 Å². The van der Waals surface area contributed by atoms with Crippen molar-refractivity contribution in [3.05, 3.63) is 13.2 Å². The minimum atomic E-state index is -4.67. The lowest BCUT2D eigenvalue weighted by molar-refractivity contribution is 0.125. The van der Waals surface area contributed by atoms with E-state index in [-0.39, 0.29) is 19.8 Å². The Morgan fingerprint density at radius 1 is 0.500 bits per heavy atom. The molecule has 0 aliphatic rings. The van der Waals surface area contributed by atoms with E-state index in [1.165, 1.54) is 128 Å². The summed E-state index contributed by atoms with van der Waals surface area (Å²) in [4.78, 5) is 1.79. The first kappa shape index (κ1) is 48.3. The van der Waals surface area contributed by atoms with Gasteiger partial charge in [0.25, 0.3) is 0 Å². The second-order valence-electron chi connectivity index (χ2n) is 10.4. The fourth-order valence-corrected chi connectivity index (χ4v) is 4.24. The minimum absolute atomic E-state index is 0.0694. The van der Waals surface area contributed by atoms with Crippen LogP contribution in [0.5, 0.6) is 0 Å². The Morgan fingerprint density at radius 2 is 0.714 bits per heavy atom. The van der Waals surface area contributed by atoms with Gasteiger partial charge in [-0.15, -0.1) is 13.2 Å². The molecule has 0 amide bonds. The van der Waals surface area contributed by atoms with Gasteiger partial charge in [-0.25, -0.2) is 0 Å². The van der Waals surface area contributed by atoms with Crippen molar-refractivity contribution in [1.29, 1.82) is 0 Å². The van der Waals surface area contributed by atoms with Crippen molar-refractivity contribution in [2.24, 2.45) is 0 Å². The van der Waals surface area contributed by atoms with Crippen molar-refractivity contribution in [2.75, 3.05) is 52.7 Å². The molecule has 0 bridgehead atoms. The van der Waals surface area contributed by atoms with Gasteiger partial charge in [-0.05, 0) is 12.8 Å². The van der Waals surface area contributed by atoms with Crippen LogP contribution in [0, 0.1) is 0 Å². The molecular formula is C32H71NO8S.